The Kier molecular flexibility index (Phi) is 3.38. The van der Waals surface area contributed by atoms with Gasteiger partial charge in [-0.1, -0.05) is 0 Å². The second-order valence-electron chi connectivity index (χ2n) is 3.37. The summed E-state index contributed by atoms with van der Waals surface area (Å²) in [5.41, 5.74) is 1.09. The summed E-state index contributed by atoms with van der Waals surface area (Å²) < 4.78 is 16.3. The van der Waals surface area contributed by atoms with E-state index in [1.54, 1.807) is 19.3 Å². The Labute approximate surface area is 107 Å². The van der Waals surface area contributed by atoms with Crippen LogP contribution in [-0.4, -0.2) is 26.8 Å². The molecule has 1 aromatic carbocycles. The van der Waals surface area contributed by atoms with Gasteiger partial charge in [0.25, 0.3) is 0 Å². The van der Waals surface area contributed by atoms with Crippen molar-refractivity contribution in [3.63, 3.8) is 0 Å². The second-order valence-corrected chi connectivity index (χ2v) is 4.23. The van der Waals surface area contributed by atoms with Crippen molar-refractivity contribution in [1.82, 2.24) is 0 Å². The van der Waals surface area contributed by atoms with E-state index in [0.717, 1.165) is 4.47 Å². The monoisotopic (exact) mass is 298 g/mol. The summed E-state index contributed by atoms with van der Waals surface area (Å²) in [5, 5.41) is 0. The Morgan fingerprint density at radius 2 is 2.18 bits per heavy atom. The molecular weight excluding hydrogens is 288 g/mol. The first kappa shape index (κ1) is 12.0. The van der Waals surface area contributed by atoms with Crippen LogP contribution < -0.4 is 9.47 Å². The maximum absolute atomic E-state index is 11.7. The second kappa shape index (κ2) is 4.79. The van der Waals surface area contributed by atoms with Gasteiger partial charge in [-0.3, -0.25) is 0 Å². The summed E-state index contributed by atoms with van der Waals surface area (Å²) in [7, 11) is 2.90. The fourth-order valence-electron chi connectivity index (χ4n) is 1.71. The zero-order valence-corrected chi connectivity index (χ0v) is 11.0. The minimum Gasteiger partial charge on any atom is -0.496 e. The minimum atomic E-state index is -0.397. The van der Waals surface area contributed by atoms with E-state index < -0.39 is 5.97 Å². The van der Waals surface area contributed by atoms with E-state index in [1.807, 2.05) is 6.07 Å². The topological polar surface area (TPSA) is 44.8 Å². The Hall–Kier alpha value is -1.49. The molecule has 2 rings (SSSR count). The molecule has 0 aliphatic carbocycles. The van der Waals surface area contributed by atoms with Gasteiger partial charge in [0.05, 0.1) is 29.8 Å². The SMILES string of the molecule is COC(=O)C1=CCOc2c(Br)ccc(OC)c21. The fraction of sp³-hybridized carbons (Fsp3) is 0.250. The zero-order chi connectivity index (χ0) is 12.4. The minimum absolute atomic E-state index is 0.337. The van der Waals surface area contributed by atoms with Crippen molar-refractivity contribution in [3.8, 4) is 11.5 Å². The van der Waals surface area contributed by atoms with Crippen molar-refractivity contribution >= 4 is 27.5 Å². The number of benzene rings is 1. The Morgan fingerprint density at radius 1 is 1.41 bits per heavy atom. The summed E-state index contributed by atoms with van der Waals surface area (Å²) in [6, 6.07) is 3.59. The summed E-state index contributed by atoms with van der Waals surface area (Å²) >= 11 is 3.38. The third kappa shape index (κ3) is 2.02. The van der Waals surface area contributed by atoms with E-state index in [-0.39, 0.29) is 0 Å². The quantitative estimate of drug-likeness (QED) is 0.787. The third-order valence-corrected chi connectivity index (χ3v) is 3.11. The van der Waals surface area contributed by atoms with Crippen LogP contribution in [0.2, 0.25) is 0 Å². The highest BCUT2D eigenvalue weighted by Gasteiger charge is 2.26. The first-order valence-electron chi connectivity index (χ1n) is 4.97. The molecule has 1 aromatic rings. The van der Waals surface area contributed by atoms with Crippen LogP contribution in [0, 0.1) is 0 Å². The number of halogens is 1. The molecule has 1 heterocycles. The maximum Gasteiger partial charge on any atom is 0.338 e. The highest BCUT2D eigenvalue weighted by atomic mass is 79.9. The van der Waals surface area contributed by atoms with Gasteiger partial charge in [0.2, 0.25) is 0 Å². The van der Waals surface area contributed by atoms with Crippen LogP contribution in [0.25, 0.3) is 5.57 Å². The van der Waals surface area contributed by atoms with E-state index in [1.165, 1.54) is 7.11 Å². The Bertz CT molecular complexity index is 494. The smallest absolute Gasteiger partial charge is 0.338 e. The molecule has 0 atom stereocenters. The zero-order valence-electron chi connectivity index (χ0n) is 9.45. The van der Waals surface area contributed by atoms with Gasteiger partial charge in [-0.25, -0.2) is 4.79 Å². The van der Waals surface area contributed by atoms with E-state index in [0.29, 0.717) is 29.2 Å². The average Bonchev–Trinajstić information content (AvgIpc) is 2.38. The van der Waals surface area contributed by atoms with Crippen LogP contribution in [0.15, 0.2) is 22.7 Å². The van der Waals surface area contributed by atoms with Gasteiger partial charge >= 0.3 is 5.97 Å². The summed E-state index contributed by atoms with van der Waals surface area (Å²) in [5.74, 6) is 0.790. The molecular formula is C12H11BrO4. The van der Waals surface area contributed by atoms with E-state index in [4.69, 9.17) is 14.2 Å². The molecule has 1 aliphatic rings. The van der Waals surface area contributed by atoms with Gasteiger partial charge in [-0.2, -0.15) is 0 Å². The van der Waals surface area contributed by atoms with Gasteiger partial charge in [0, 0.05) is 0 Å². The molecule has 0 saturated carbocycles. The lowest BCUT2D eigenvalue weighted by molar-refractivity contribution is -0.133. The molecule has 0 spiro atoms. The normalized spacial score (nSPS) is 13.2. The largest absolute Gasteiger partial charge is 0.496 e. The van der Waals surface area contributed by atoms with Gasteiger partial charge in [-0.05, 0) is 34.1 Å². The van der Waals surface area contributed by atoms with Crippen molar-refractivity contribution in [1.29, 1.82) is 0 Å². The van der Waals surface area contributed by atoms with Gasteiger partial charge in [0.15, 0.2) is 0 Å². The molecule has 0 N–H and O–H groups in total. The van der Waals surface area contributed by atoms with Crippen molar-refractivity contribution < 1.29 is 19.0 Å². The number of carbonyl (C=O) groups is 1. The number of hydrogen-bond donors (Lipinski definition) is 0. The summed E-state index contributed by atoms with van der Waals surface area (Å²) in [4.78, 5) is 11.7. The molecule has 17 heavy (non-hydrogen) atoms. The lowest BCUT2D eigenvalue weighted by Crippen LogP contribution is -2.13. The fourth-order valence-corrected chi connectivity index (χ4v) is 2.16. The molecule has 1 aliphatic heterocycles. The Balaban J connectivity index is 2.62. The number of rotatable bonds is 2. The number of esters is 1. The molecule has 0 aromatic heterocycles. The molecule has 0 unspecified atom stereocenters. The number of hydrogen-bond acceptors (Lipinski definition) is 4. The van der Waals surface area contributed by atoms with Crippen LogP contribution in [0.4, 0.5) is 0 Å². The Morgan fingerprint density at radius 3 is 2.82 bits per heavy atom. The molecule has 4 nitrogen and oxygen atoms in total. The molecule has 0 bridgehead atoms. The van der Waals surface area contributed by atoms with Crippen molar-refractivity contribution in [2.45, 2.75) is 0 Å². The van der Waals surface area contributed by atoms with Crippen molar-refractivity contribution in [2.75, 3.05) is 20.8 Å². The molecule has 0 fully saturated rings. The number of carbonyl (C=O) groups excluding carboxylic acids is 1. The molecule has 0 amide bonds. The van der Waals surface area contributed by atoms with E-state index >= 15 is 0 Å². The van der Waals surface area contributed by atoms with Crippen LogP contribution in [0.1, 0.15) is 5.56 Å². The van der Waals surface area contributed by atoms with Crippen LogP contribution in [0.3, 0.4) is 0 Å². The lowest BCUT2D eigenvalue weighted by Gasteiger charge is -2.20. The van der Waals surface area contributed by atoms with Crippen molar-refractivity contribution in [2.24, 2.45) is 0 Å². The molecule has 0 saturated heterocycles. The van der Waals surface area contributed by atoms with Gasteiger partial charge in [0.1, 0.15) is 18.1 Å². The first-order chi connectivity index (χ1) is 8.19. The highest BCUT2D eigenvalue weighted by Crippen LogP contribution is 2.42. The van der Waals surface area contributed by atoms with Gasteiger partial charge in [-0.15, -0.1) is 0 Å². The lowest BCUT2D eigenvalue weighted by atomic mass is 10.0. The van der Waals surface area contributed by atoms with Crippen molar-refractivity contribution in [3.05, 3.63) is 28.2 Å². The standard InChI is InChI=1S/C12H11BrO4/c1-15-9-4-3-8(13)11-10(9)7(5-6-17-11)12(14)16-2/h3-5H,6H2,1-2H3. The molecule has 5 heteroatoms. The molecule has 90 valence electrons. The predicted octanol–water partition coefficient (Wildman–Crippen LogP) is 2.41. The van der Waals surface area contributed by atoms with E-state index in [9.17, 15) is 4.79 Å². The third-order valence-electron chi connectivity index (χ3n) is 2.48. The maximum atomic E-state index is 11.7. The highest BCUT2D eigenvalue weighted by molar-refractivity contribution is 9.10. The summed E-state index contributed by atoms with van der Waals surface area (Å²) in [6.45, 7) is 0.337. The van der Waals surface area contributed by atoms with E-state index in [2.05, 4.69) is 15.9 Å². The first-order valence-corrected chi connectivity index (χ1v) is 5.76. The summed E-state index contributed by atoms with van der Waals surface area (Å²) in [6.07, 6.45) is 1.68. The number of ether oxygens (including phenoxy) is 3. The molecule has 0 radical (unpaired) electrons. The van der Waals surface area contributed by atoms with Crippen LogP contribution >= 0.6 is 15.9 Å². The van der Waals surface area contributed by atoms with Crippen LogP contribution in [0.5, 0.6) is 11.5 Å². The average molecular weight is 299 g/mol. The van der Waals surface area contributed by atoms with Crippen LogP contribution in [-0.2, 0) is 9.53 Å². The number of methoxy groups -OCH3 is 2. The van der Waals surface area contributed by atoms with Gasteiger partial charge < -0.3 is 14.2 Å². The number of fused-ring (bicyclic) bond motifs is 1. The predicted molar refractivity (Wildman–Crippen MR) is 66.2 cm³/mol.